The first-order valence-electron chi connectivity index (χ1n) is 3.52. The highest BCUT2D eigenvalue weighted by molar-refractivity contribution is 4.74. The van der Waals surface area contributed by atoms with Crippen molar-refractivity contribution in [1.82, 2.24) is 0 Å². The van der Waals surface area contributed by atoms with Gasteiger partial charge >= 0.3 is 0 Å². The maximum absolute atomic E-state index is 3.60. The van der Waals surface area contributed by atoms with Crippen LogP contribution in [0.5, 0.6) is 0 Å². The predicted molar refractivity (Wildman–Crippen MR) is 38.4 cm³/mol. The van der Waals surface area contributed by atoms with Crippen LogP contribution >= 0.6 is 0 Å². The molecule has 1 fully saturated rings. The van der Waals surface area contributed by atoms with Crippen LogP contribution in [0.3, 0.4) is 0 Å². The van der Waals surface area contributed by atoms with Gasteiger partial charge in [-0.05, 0) is 6.42 Å². The average molecular weight is 112 g/mol. The topological polar surface area (TPSA) is 0 Å². The number of hydrogen-bond acceptors (Lipinski definition) is 0. The summed E-state index contributed by atoms with van der Waals surface area (Å²) in [5.41, 5.74) is 0. The van der Waals surface area contributed by atoms with Gasteiger partial charge in [-0.15, -0.1) is 0 Å². The fraction of sp³-hybridized carbons (Fsp3) is 0.750. The van der Waals surface area contributed by atoms with Crippen LogP contribution < -0.4 is 0 Å². The molecular formula is C8H16. The van der Waals surface area contributed by atoms with E-state index >= 15 is 0 Å². The van der Waals surface area contributed by atoms with Gasteiger partial charge in [-0.2, -0.15) is 0 Å². The van der Waals surface area contributed by atoms with Crippen molar-refractivity contribution < 1.29 is 0 Å². The molecule has 0 nitrogen and oxygen atoms in total. The lowest BCUT2D eigenvalue weighted by atomic mass is 10.0. The summed E-state index contributed by atoms with van der Waals surface area (Å²) in [5, 5.41) is 0. The van der Waals surface area contributed by atoms with Crippen molar-refractivity contribution in [3.63, 3.8) is 0 Å². The largest absolute Gasteiger partial charge is 0.0654 e. The second kappa shape index (κ2) is 7.00. The molecule has 0 aromatic carbocycles. The van der Waals surface area contributed by atoms with Crippen LogP contribution in [-0.2, 0) is 0 Å². The fourth-order valence-electron chi connectivity index (χ4n) is 0.204. The first-order valence-corrected chi connectivity index (χ1v) is 3.52. The normalized spacial score (nSPS) is 15.8. The molecule has 0 aromatic rings. The molecule has 0 atom stereocenters. The van der Waals surface area contributed by atoms with Crippen molar-refractivity contribution in [2.24, 2.45) is 0 Å². The molecule has 0 amide bonds. The van der Waals surface area contributed by atoms with Gasteiger partial charge in [0.2, 0.25) is 0 Å². The number of unbranched alkanes of at least 4 members (excludes halogenated alkanes) is 1. The Morgan fingerprint density at radius 2 is 1.75 bits per heavy atom. The van der Waals surface area contributed by atoms with E-state index in [9.17, 15) is 0 Å². The third-order valence-electron chi connectivity index (χ3n) is 1.17. The van der Waals surface area contributed by atoms with E-state index in [0.717, 1.165) is 6.42 Å². The van der Waals surface area contributed by atoms with Crippen molar-refractivity contribution in [3.8, 4) is 0 Å². The van der Waals surface area contributed by atoms with Gasteiger partial charge in [-0.25, -0.2) is 0 Å². The van der Waals surface area contributed by atoms with Crippen molar-refractivity contribution in [3.05, 3.63) is 13.3 Å². The van der Waals surface area contributed by atoms with E-state index < -0.39 is 0 Å². The van der Waals surface area contributed by atoms with Gasteiger partial charge in [-0.3, -0.25) is 0 Å². The van der Waals surface area contributed by atoms with E-state index in [2.05, 4.69) is 20.3 Å². The van der Waals surface area contributed by atoms with E-state index in [1.165, 1.54) is 25.7 Å². The third-order valence-corrected chi connectivity index (χ3v) is 1.17. The van der Waals surface area contributed by atoms with E-state index in [0.29, 0.717) is 0 Å². The highest BCUT2D eigenvalue weighted by Gasteiger charge is 1.95. The second-order valence-electron chi connectivity index (χ2n) is 2.07. The van der Waals surface area contributed by atoms with Crippen LogP contribution in [0.15, 0.2) is 0 Å². The SMILES string of the molecule is [CH2]CCC.[CH]1CCC1. The summed E-state index contributed by atoms with van der Waals surface area (Å²) in [6.45, 7) is 5.72. The highest BCUT2D eigenvalue weighted by Crippen LogP contribution is 2.13. The average Bonchev–Trinajstić information content (AvgIpc) is 1.61. The molecule has 0 unspecified atom stereocenters. The standard InChI is InChI=1S/C4H7.C4H9/c1-2-4-3-1;1-3-4-2/h1H,2-4H2;1,3-4H2,2H3. The Hall–Kier alpha value is 0. The van der Waals surface area contributed by atoms with Crippen molar-refractivity contribution in [2.75, 3.05) is 0 Å². The van der Waals surface area contributed by atoms with Crippen LogP contribution in [0, 0.1) is 13.3 Å². The number of rotatable bonds is 1. The van der Waals surface area contributed by atoms with Gasteiger partial charge in [0, 0.05) is 0 Å². The minimum atomic E-state index is 1.07. The summed E-state index contributed by atoms with van der Waals surface area (Å²) in [4.78, 5) is 0. The van der Waals surface area contributed by atoms with Crippen molar-refractivity contribution >= 4 is 0 Å². The van der Waals surface area contributed by atoms with Crippen molar-refractivity contribution in [1.29, 1.82) is 0 Å². The highest BCUT2D eigenvalue weighted by atomic mass is 14.0. The zero-order valence-corrected chi connectivity index (χ0v) is 5.82. The molecule has 0 spiro atoms. The maximum Gasteiger partial charge on any atom is -0.0386 e. The molecule has 0 bridgehead atoms. The molecule has 8 heavy (non-hydrogen) atoms. The van der Waals surface area contributed by atoms with Gasteiger partial charge in [0.25, 0.3) is 0 Å². The first-order chi connectivity index (χ1) is 3.91. The quantitative estimate of drug-likeness (QED) is 0.489. The lowest BCUT2D eigenvalue weighted by molar-refractivity contribution is 0.652. The lowest BCUT2D eigenvalue weighted by Crippen LogP contribution is -1.87. The van der Waals surface area contributed by atoms with E-state index in [4.69, 9.17) is 0 Å². The Bertz CT molecular complexity index is 21.0. The second-order valence-corrected chi connectivity index (χ2v) is 2.07. The number of hydrogen-bond donors (Lipinski definition) is 0. The van der Waals surface area contributed by atoms with Crippen LogP contribution in [0.2, 0.25) is 0 Å². The molecule has 2 radical (unpaired) electrons. The molecule has 1 aliphatic carbocycles. The summed E-state index contributed by atoms with van der Waals surface area (Å²) in [6, 6.07) is 0. The molecular weight excluding hydrogens is 96.1 g/mol. The van der Waals surface area contributed by atoms with Gasteiger partial charge < -0.3 is 0 Å². The Kier molecular flexibility index (Phi) is 7.00. The molecule has 1 aliphatic rings. The zero-order valence-electron chi connectivity index (χ0n) is 5.82. The first kappa shape index (κ1) is 8.00. The van der Waals surface area contributed by atoms with Crippen LogP contribution in [0.4, 0.5) is 0 Å². The third kappa shape index (κ3) is 6.00. The van der Waals surface area contributed by atoms with Crippen LogP contribution in [-0.4, -0.2) is 0 Å². The molecule has 0 saturated heterocycles. The predicted octanol–water partition coefficient (Wildman–Crippen LogP) is 3.00. The summed E-state index contributed by atoms with van der Waals surface area (Å²) < 4.78 is 0. The molecule has 0 N–H and O–H groups in total. The molecule has 0 heterocycles. The van der Waals surface area contributed by atoms with Crippen LogP contribution in [0.1, 0.15) is 39.0 Å². The maximum atomic E-state index is 3.60. The summed E-state index contributed by atoms with van der Waals surface area (Å²) in [5.74, 6) is 0. The van der Waals surface area contributed by atoms with Crippen molar-refractivity contribution in [2.45, 2.75) is 39.0 Å². The summed E-state index contributed by atoms with van der Waals surface area (Å²) in [7, 11) is 0. The molecule has 1 saturated carbocycles. The molecule has 0 heteroatoms. The summed E-state index contributed by atoms with van der Waals surface area (Å²) in [6.07, 6.45) is 8.78. The minimum absolute atomic E-state index is 1.07. The zero-order chi connectivity index (χ0) is 6.24. The Balaban J connectivity index is 0.000000122. The molecule has 0 aromatic heterocycles. The van der Waals surface area contributed by atoms with Crippen LogP contribution in [0.25, 0.3) is 0 Å². The molecule has 1 rings (SSSR count). The lowest BCUT2D eigenvalue weighted by Gasteiger charge is -2.05. The fourth-order valence-corrected chi connectivity index (χ4v) is 0.204. The van der Waals surface area contributed by atoms with E-state index in [1.54, 1.807) is 0 Å². The van der Waals surface area contributed by atoms with Gasteiger partial charge in [0.15, 0.2) is 0 Å². The van der Waals surface area contributed by atoms with E-state index in [1.807, 2.05) is 0 Å². The summed E-state index contributed by atoms with van der Waals surface area (Å²) >= 11 is 0. The van der Waals surface area contributed by atoms with E-state index in [-0.39, 0.29) is 0 Å². The molecule has 48 valence electrons. The van der Waals surface area contributed by atoms with Gasteiger partial charge in [-0.1, -0.05) is 46.0 Å². The van der Waals surface area contributed by atoms with Gasteiger partial charge in [0.1, 0.15) is 0 Å². The van der Waals surface area contributed by atoms with Gasteiger partial charge in [0.05, 0.1) is 0 Å². The Morgan fingerprint density at radius 3 is 1.75 bits per heavy atom. The smallest absolute Gasteiger partial charge is 0.0386 e. The molecule has 0 aliphatic heterocycles. The monoisotopic (exact) mass is 112 g/mol. The Morgan fingerprint density at radius 1 is 1.50 bits per heavy atom. The minimum Gasteiger partial charge on any atom is -0.0654 e. The Labute approximate surface area is 53.3 Å².